The zero-order valence-electron chi connectivity index (χ0n) is 11.2. The monoisotopic (exact) mass is 345 g/mol. The predicted octanol–water partition coefficient (Wildman–Crippen LogP) is 3.14. The molecule has 0 saturated carbocycles. The summed E-state index contributed by atoms with van der Waals surface area (Å²) in [4.78, 5) is 23.4. The van der Waals surface area contributed by atoms with Gasteiger partial charge in [-0.15, -0.1) is 0 Å². The Kier molecular flexibility index (Phi) is 4.92. The highest BCUT2D eigenvalue weighted by Crippen LogP contribution is 2.32. The second-order valence-corrected chi connectivity index (χ2v) is 6.11. The fourth-order valence-corrected chi connectivity index (χ4v) is 3.13. The van der Waals surface area contributed by atoms with E-state index in [0.717, 1.165) is 17.0 Å². The van der Waals surface area contributed by atoms with Crippen LogP contribution in [-0.4, -0.2) is 10.5 Å². The quantitative estimate of drug-likeness (QED) is 0.835. The Morgan fingerprint density at radius 3 is 2.71 bits per heavy atom. The van der Waals surface area contributed by atoms with Crippen LogP contribution >= 0.6 is 34.5 Å². The Labute approximate surface area is 135 Å². The van der Waals surface area contributed by atoms with Crippen molar-refractivity contribution in [2.24, 2.45) is 0 Å². The van der Waals surface area contributed by atoms with Gasteiger partial charge in [-0.1, -0.05) is 34.5 Å². The van der Waals surface area contributed by atoms with Crippen LogP contribution in [0.15, 0.2) is 22.3 Å². The molecule has 112 valence electrons. The molecule has 5 nitrogen and oxygen atoms in total. The molecule has 0 fully saturated rings. The molecule has 2 aromatic rings. The van der Waals surface area contributed by atoms with Crippen molar-refractivity contribution in [1.29, 1.82) is 0 Å². The number of anilines is 2. The van der Waals surface area contributed by atoms with Crippen LogP contribution in [0.3, 0.4) is 0 Å². The molecule has 0 bridgehead atoms. The van der Waals surface area contributed by atoms with E-state index in [1.165, 1.54) is 12.1 Å². The Hall–Kier alpha value is -1.50. The number of carbonyl (C=O) groups excluding carboxylic acids is 1. The molecule has 1 heterocycles. The van der Waals surface area contributed by atoms with Gasteiger partial charge in [0.15, 0.2) is 0 Å². The van der Waals surface area contributed by atoms with E-state index in [2.05, 4.69) is 5.32 Å². The number of hydrogen-bond acceptors (Lipinski definition) is 4. The molecule has 0 aliphatic rings. The summed E-state index contributed by atoms with van der Waals surface area (Å²) >= 11 is 12.9. The highest BCUT2D eigenvalue weighted by atomic mass is 35.5. The van der Waals surface area contributed by atoms with E-state index in [4.69, 9.17) is 28.9 Å². The summed E-state index contributed by atoms with van der Waals surface area (Å²) in [6.07, 6.45) is 0.149. The van der Waals surface area contributed by atoms with Crippen molar-refractivity contribution < 1.29 is 4.79 Å². The largest absolute Gasteiger partial charge is 0.397 e. The van der Waals surface area contributed by atoms with Gasteiger partial charge in [0, 0.05) is 29.1 Å². The van der Waals surface area contributed by atoms with Crippen LogP contribution in [0.2, 0.25) is 10.0 Å². The molecular formula is C13H13Cl2N3O2S. The lowest BCUT2D eigenvalue weighted by Gasteiger charge is -2.11. The average Bonchev–Trinajstić information content (AvgIpc) is 2.71. The molecule has 0 atom stereocenters. The van der Waals surface area contributed by atoms with Crippen LogP contribution in [0.4, 0.5) is 11.4 Å². The first-order chi connectivity index (χ1) is 9.88. The number of nitrogens with two attached hydrogens (primary N) is 1. The molecule has 0 spiro atoms. The second kappa shape index (κ2) is 6.51. The van der Waals surface area contributed by atoms with Gasteiger partial charge in [-0.3, -0.25) is 9.59 Å². The molecular weight excluding hydrogens is 333 g/mol. The highest BCUT2D eigenvalue weighted by Gasteiger charge is 2.12. The number of thiazole rings is 1. The van der Waals surface area contributed by atoms with Gasteiger partial charge in [-0.2, -0.15) is 0 Å². The third-order valence-electron chi connectivity index (χ3n) is 2.89. The summed E-state index contributed by atoms with van der Waals surface area (Å²) in [5, 5.41) is 5.07. The van der Waals surface area contributed by atoms with E-state index in [-0.39, 0.29) is 22.2 Å². The fourth-order valence-electron chi connectivity index (χ4n) is 1.82. The third kappa shape index (κ3) is 3.78. The van der Waals surface area contributed by atoms with Crippen molar-refractivity contribution in [2.75, 3.05) is 11.1 Å². The Morgan fingerprint density at radius 1 is 1.43 bits per heavy atom. The molecule has 1 aromatic heterocycles. The smallest absolute Gasteiger partial charge is 0.307 e. The number of aromatic nitrogens is 1. The van der Waals surface area contributed by atoms with Crippen molar-refractivity contribution in [3.63, 3.8) is 0 Å². The van der Waals surface area contributed by atoms with Gasteiger partial charge < -0.3 is 15.6 Å². The van der Waals surface area contributed by atoms with Crippen molar-refractivity contribution in [3.8, 4) is 0 Å². The zero-order valence-corrected chi connectivity index (χ0v) is 13.5. The van der Waals surface area contributed by atoms with E-state index in [0.29, 0.717) is 22.9 Å². The first kappa shape index (κ1) is 15.9. The lowest BCUT2D eigenvalue weighted by atomic mass is 10.2. The Balaban J connectivity index is 2.05. The summed E-state index contributed by atoms with van der Waals surface area (Å²) in [7, 11) is 0. The van der Waals surface area contributed by atoms with Gasteiger partial charge in [0.05, 0.1) is 16.4 Å². The molecule has 0 unspecified atom stereocenters. The third-order valence-corrected chi connectivity index (χ3v) is 4.29. The standard InChI is InChI=1S/C13H13Cl2N3O2S/c1-7-6-21-13(20)18(7)3-2-11(19)17-12-9(15)4-8(14)5-10(12)16/h4-6H,2-3,16H2,1H3,(H,17,19). The second-order valence-electron chi connectivity index (χ2n) is 4.44. The number of benzene rings is 1. The van der Waals surface area contributed by atoms with Crippen molar-refractivity contribution in [2.45, 2.75) is 19.9 Å². The van der Waals surface area contributed by atoms with Crippen LogP contribution in [0.25, 0.3) is 0 Å². The number of aryl methyl sites for hydroxylation is 1. The van der Waals surface area contributed by atoms with Crippen LogP contribution in [-0.2, 0) is 11.3 Å². The maximum Gasteiger partial charge on any atom is 0.307 e. The lowest BCUT2D eigenvalue weighted by molar-refractivity contribution is -0.116. The number of amides is 1. The van der Waals surface area contributed by atoms with Crippen LogP contribution in [0.5, 0.6) is 0 Å². The van der Waals surface area contributed by atoms with E-state index >= 15 is 0 Å². The topological polar surface area (TPSA) is 77.1 Å². The molecule has 0 saturated heterocycles. The number of hydrogen-bond donors (Lipinski definition) is 2. The summed E-state index contributed by atoms with van der Waals surface area (Å²) in [5.74, 6) is -0.275. The number of carbonyl (C=O) groups is 1. The van der Waals surface area contributed by atoms with Gasteiger partial charge in [-0.05, 0) is 19.1 Å². The predicted molar refractivity (Wildman–Crippen MR) is 87.4 cm³/mol. The fraction of sp³-hybridized carbons (Fsp3) is 0.231. The molecule has 21 heavy (non-hydrogen) atoms. The molecule has 0 aliphatic carbocycles. The van der Waals surface area contributed by atoms with Crippen LogP contribution in [0, 0.1) is 6.92 Å². The highest BCUT2D eigenvalue weighted by molar-refractivity contribution is 7.07. The normalized spacial score (nSPS) is 10.6. The van der Waals surface area contributed by atoms with Gasteiger partial charge in [0.1, 0.15) is 0 Å². The Morgan fingerprint density at radius 2 is 2.14 bits per heavy atom. The summed E-state index contributed by atoms with van der Waals surface area (Å²) in [5.41, 5.74) is 7.24. The summed E-state index contributed by atoms with van der Waals surface area (Å²) in [6, 6.07) is 3.01. The molecule has 2 rings (SSSR count). The number of nitrogens with zero attached hydrogens (tertiary/aromatic N) is 1. The first-order valence-electron chi connectivity index (χ1n) is 6.08. The summed E-state index contributed by atoms with van der Waals surface area (Å²) < 4.78 is 1.55. The molecule has 8 heteroatoms. The van der Waals surface area contributed by atoms with E-state index < -0.39 is 0 Å². The first-order valence-corrected chi connectivity index (χ1v) is 7.71. The van der Waals surface area contributed by atoms with Crippen molar-refractivity contribution in [3.05, 3.63) is 42.9 Å². The number of rotatable bonds is 4. The SMILES string of the molecule is Cc1csc(=O)n1CCC(=O)Nc1c(N)cc(Cl)cc1Cl. The van der Waals surface area contributed by atoms with Gasteiger partial charge in [-0.25, -0.2) is 0 Å². The van der Waals surface area contributed by atoms with Crippen LogP contribution in [0.1, 0.15) is 12.1 Å². The minimum atomic E-state index is -0.275. The molecule has 3 N–H and O–H groups in total. The van der Waals surface area contributed by atoms with Gasteiger partial charge in [0.2, 0.25) is 5.91 Å². The molecule has 1 aromatic carbocycles. The molecule has 0 aliphatic heterocycles. The van der Waals surface area contributed by atoms with Gasteiger partial charge >= 0.3 is 4.87 Å². The van der Waals surface area contributed by atoms with Gasteiger partial charge in [0.25, 0.3) is 0 Å². The number of nitrogens with one attached hydrogen (secondary N) is 1. The minimum Gasteiger partial charge on any atom is -0.397 e. The van der Waals surface area contributed by atoms with Crippen molar-refractivity contribution >= 4 is 51.8 Å². The van der Waals surface area contributed by atoms with Crippen molar-refractivity contribution in [1.82, 2.24) is 4.57 Å². The lowest BCUT2D eigenvalue weighted by Crippen LogP contribution is -2.20. The van der Waals surface area contributed by atoms with E-state index in [1.807, 2.05) is 6.92 Å². The molecule has 1 amide bonds. The maximum absolute atomic E-state index is 11.9. The summed E-state index contributed by atoms with van der Waals surface area (Å²) in [6.45, 7) is 2.13. The average molecular weight is 346 g/mol. The molecule has 0 radical (unpaired) electrons. The van der Waals surface area contributed by atoms with Crippen LogP contribution < -0.4 is 15.9 Å². The number of halogens is 2. The Bertz CT molecular complexity index is 716. The number of nitrogen functional groups attached to an aromatic ring is 1. The zero-order chi connectivity index (χ0) is 15.6. The van der Waals surface area contributed by atoms with E-state index in [1.54, 1.807) is 9.95 Å². The van der Waals surface area contributed by atoms with E-state index in [9.17, 15) is 9.59 Å². The minimum absolute atomic E-state index is 0.0793. The maximum atomic E-state index is 11.9.